The van der Waals surface area contributed by atoms with Gasteiger partial charge in [0.05, 0.1) is 11.8 Å². The van der Waals surface area contributed by atoms with Gasteiger partial charge < -0.3 is 20.2 Å². The lowest BCUT2D eigenvalue weighted by molar-refractivity contribution is -0.147. The van der Waals surface area contributed by atoms with Crippen molar-refractivity contribution in [2.45, 2.75) is 25.7 Å². The Kier molecular flexibility index (Phi) is 6.66. The van der Waals surface area contributed by atoms with Crippen LogP contribution in [0.15, 0.2) is 48.5 Å². The van der Waals surface area contributed by atoms with Crippen molar-refractivity contribution in [2.24, 2.45) is 11.8 Å². The highest BCUT2D eigenvalue weighted by Crippen LogP contribution is 2.31. The van der Waals surface area contributed by atoms with Gasteiger partial charge in [-0.2, -0.15) is 0 Å². The zero-order valence-electron chi connectivity index (χ0n) is 17.5. The minimum Gasteiger partial charge on any atom is -0.481 e. The molecule has 1 amide bonds. The van der Waals surface area contributed by atoms with E-state index in [4.69, 9.17) is 11.6 Å². The molecular formula is C24H28ClN3O3. The third-order valence-electron chi connectivity index (χ3n) is 6.37. The fraction of sp³-hybridized carbons (Fsp3) is 0.417. The van der Waals surface area contributed by atoms with Gasteiger partial charge >= 0.3 is 5.97 Å². The van der Waals surface area contributed by atoms with Crippen molar-refractivity contribution in [3.05, 3.63) is 53.6 Å². The van der Waals surface area contributed by atoms with Crippen LogP contribution in [0.4, 0.5) is 17.1 Å². The Hall–Kier alpha value is -2.73. The normalized spacial score (nSPS) is 21.6. The number of anilines is 3. The van der Waals surface area contributed by atoms with E-state index >= 15 is 0 Å². The fourth-order valence-electron chi connectivity index (χ4n) is 4.63. The van der Waals surface area contributed by atoms with Crippen molar-refractivity contribution in [3.8, 4) is 0 Å². The molecule has 0 radical (unpaired) electrons. The molecule has 1 aliphatic carbocycles. The molecule has 164 valence electrons. The van der Waals surface area contributed by atoms with Crippen LogP contribution in [0.25, 0.3) is 0 Å². The minimum atomic E-state index is -0.868. The van der Waals surface area contributed by atoms with Gasteiger partial charge in [-0.3, -0.25) is 9.59 Å². The van der Waals surface area contributed by atoms with Gasteiger partial charge in [0.1, 0.15) is 0 Å². The van der Waals surface area contributed by atoms with Gasteiger partial charge in [0.25, 0.3) is 0 Å². The lowest BCUT2D eigenvalue weighted by Gasteiger charge is -2.37. The number of benzene rings is 2. The van der Waals surface area contributed by atoms with Gasteiger partial charge in [0.15, 0.2) is 0 Å². The number of carbonyl (C=O) groups is 2. The van der Waals surface area contributed by atoms with E-state index in [-0.39, 0.29) is 5.91 Å². The average molecular weight is 442 g/mol. The highest BCUT2D eigenvalue weighted by molar-refractivity contribution is 6.30. The summed E-state index contributed by atoms with van der Waals surface area (Å²) in [6.45, 7) is 3.63. The average Bonchev–Trinajstić information content (AvgIpc) is 2.79. The van der Waals surface area contributed by atoms with Crippen LogP contribution in [0.5, 0.6) is 0 Å². The predicted molar refractivity (Wildman–Crippen MR) is 124 cm³/mol. The molecule has 0 bridgehead atoms. The summed E-state index contributed by atoms with van der Waals surface area (Å²) in [7, 11) is 0. The molecule has 2 atom stereocenters. The summed E-state index contributed by atoms with van der Waals surface area (Å²) in [5, 5.41) is 13.1. The van der Waals surface area contributed by atoms with Gasteiger partial charge in [-0.1, -0.05) is 30.5 Å². The highest BCUT2D eigenvalue weighted by Gasteiger charge is 2.35. The lowest BCUT2D eigenvalue weighted by Crippen LogP contribution is -2.46. The van der Waals surface area contributed by atoms with E-state index in [1.807, 2.05) is 42.5 Å². The third-order valence-corrected chi connectivity index (χ3v) is 6.61. The molecule has 6 nitrogen and oxygen atoms in total. The molecular weight excluding hydrogens is 414 g/mol. The maximum absolute atomic E-state index is 12.7. The molecule has 7 heteroatoms. The summed E-state index contributed by atoms with van der Waals surface area (Å²) in [4.78, 5) is 28.8. The number of nitrogens with zero attached hydrogens (tertiary/aromatic N) is 2. The van der Waals surface area contributed by atoms with Gasteiger partial charge in [-0.25, -0.2) is 0 Å². The van der Waals surface area contributed by atoms with Crippen LogP contribution in [0, 0.1) is 11.8 Å². The topological polar surface area (TPSA) is 72.9 Å². The highest BCUT2D eigenvalue weighted by atomic mass is 35.5. The van der Waals surface area contributed by atoms with Gasteiger partial charge in [0, 0.05) is 48.3 Å². The molecule has 2 aliphatic rings. The van der Waals surface area contributed by atoms with Crippen molar-refractivity contribution >= 4 is 40.5 Å². The molecule has 0 aromatic heterocycles. The van der Waals surface area contributed by atoms with Crippen molar-refractivity contribution < 1.29 is 14.7 Å². The molecule has 2 N–H and O–H groups in total. The number of rotatable bonds is 5. The Balaban J connectivity index is 1.33. The number of halogens is 1. The molecule has 2 aromatic rings. The second kappa shape index (κ2) is 9.60. The first-order chi connectivity index (χ1) is 15.0. The molecule has 1 heterocycles. The number of nitrogens with one attached hydrogen (secondary N) is 1. The van der Waals surface area contributed by atoms with E-state index < -0.39 is 17.8 Å². The maximum Gasteiger partial charge on any atom is 0.307 e. The van der Waals surface area contributed by atoms with Crippen LogP contribution in [-0.4, -0.2) is 43.2 Å². The SMILES string of the molecule is O=C(O)[C@H]1CCCC[C@H]1C(=O)Nc1ccc(N2CCN(c3cccc(Cl)c3)CC2)cc1. The molecule has 0 unspecified atom stereocenters. The third kappa shape index (κ3) is 5.13. The van der Waals surface area contributed by atoms with Crippen LogP contribution in [0.2, 0.25) is 5.02 Å². The van der Waals surface area contributed by atoms with Gasteiger partial charge in [0.2, 0.25) is 5.91 Å². The molecule has 1 saturated carbocycles. The summed E-state index contributed by atoms with van der Waals surface area (Å²) in [5.41, 5.74) is 2.97. The second-order valence-electron chi connectivity index (χ2n) is 8.33. The first kappa shape index (κ1) is 21.5. The molecule has 2 fully saturated rings. The number of carbonyl (C=O) groups excluding carboxylic acids is 1. The molecule has 2 aromatic carbocycles. The van der Waals surface area contributed by atoms with Crippen LogP contribution >= 0.6 is 11.6 Å². The molecule has 4 rings (SSSR count). The smallest absolute Gasteiger partial charge is 0.307 e. The van der Waals surface area contributed by atoms with E-state index in [1.54, 1.807) is 0 Å². The summed E-state index contributed by atoms with van der Waals surface area (Å²) >= 11 is 6.12. The van der Waals surface area contributed by atoms with Gasteiger partial charge in [-0.15, -0.1) is 0 Å². The summed E-state index contributed by atoms with van der Waals surface area (Å²) in [5.74, 6) is -2.09. The van der Waals surface area contributed by atoms with E-state index in [2.05, 4.69) is 21.2 Å². The lowest BCUT2D eigenvalue weighted by atomic mass is 9.78. The largest absolute Gasteiger partial charge is 0.481 e. The number of carboxylic acids is 1. The molecule has 1 saturated heterocycles. The number of aliphatic carboxylic acids is 1. The van der Waals surface area contributed by atoms with Crippen LogP contribution in [-0.2, 0) is 9.59 Å². The second-order valence-corrected chi connectivity index (χ2v) is 8.76. The number of carboxylic acid groups (broad SMARTS) is 1. The Morgan fingerprint density at radius 3 is 2.10 bits per heavy atom. The van der Waals surface area contributed by atoms with Crippen molar-refractivity contribution in [1.82, 2.24) is 0 Å². The minimum absolute atomic E-state index is 0.185. The van der Waals surface area contributed by atoms with Crippen LogP contribution in [0.3, 0.4) is 0 Å². The number of hydrogen-bond acceptors (Lipinski definition) is 4. The summed E-state index contributed by atoms with van der Waals surface area (Å²) in [6, 6.07) is 15.8. The van der Waals surface area contributed by atoms with Crippen molar-refractivity contribution in [1.29, 1.82) is 0 Å². The first-order valence-electron chi connectivity index (χ1n) is 10.9. The number of piperazine rings is 1. The maximum atomic E-state index is 12.7. The fourth-order valence-corrected chi connectivity index (χ4v) is 4.81. The zero-order valence-corrected chi connectivity index (χ0v) is 18.2. The van der Waals surface area contributed by atoms with Crippen molar-refractivity contribution in [3.63, 3.8) is 0 Å². The van der Waals surface area contributed by atoms with E-state index in [0.29, 0.717) is 18.5 Å². The van der Waals surface area contributed by atoms with Crippen LogP contribution in [0.1, 0.15) is 25.7 Å². The zero-order chi connectivity index (χ0) is 21.8. The van der Waals surface area contributed by atoms with E-state index in [0.717, 1.165) is 55.4 Å². The Morgan fingerprint density at radius 2 is 1.48 bits per heavy atom. The Labute approximate surface area is 187 Å². The van der Waals surface area contributed by atoms with Crippen LogP contribution < -0.4 is 15.1 Å². The quantitative estimate of drug-likeness (QED) is 0.714. The van der Waals surface area contributed by atoms with Crippen molar-refractivity contribution in [2.75, 3.05) is 41.3 Å². The standard InChI is InChI=1S/C24H28ClN3O3/c25-17-4-3-5-20(16-17)28-14-12-27(13-15-28)19-10-8-18(9-11-19)26-23(29)21-6-1-2-7-22(21)24(30)31/h3-5,8-11,16,21-22H,1-2,6-7,12-15H2,(H,26,29)(H,30,31)/t21-,22+/m1/s1. The van der Waals surface area contributed by atoms with Gasteiger partial charge in [-0.05, 0) is 55.3 Å². The summed E-state index contributed by atoms with van der Waals surface area (Å²) in [6.07, 6.45) is 2.99. The number of hydrogen-bond donors (Lipinski definition) is 2. The Bertz CT molecular complexity index is 926. The van der Waals surface area contributed by atoms with E-state index in [9.17, 15) is 14.7 Å². The van der Waals surface area contributed by atoms with E-state index in [1.165, 1.54) is 0 Å². The molecule has 1 aliphatic heterocycles. The monoisotopic (exact) mass is 441 g/mol. The first-order valence-corrected chi connectivity index (χ1v) is 11.3. The molecule has 31 heavy (non-hydrogen) atoms. The molecule has 0 spiro atoms. The number of amides is 1. The predicted octanol–water partition coefficient (Wildman–Crippen LogP) is 4.50. The Morgan fingerprint density at radius 1 is 0.871 bits per heavy atom. The summed E-state index contributed by atoms with van der Waals surface area (Å²) < 4.78 is 0.